The second-order valence-electron chi connectivity index (χ2n) is 9.37. The van der Waals surface area contributed by atoms with Crippen LogP contribution in [-0.2, 0) is 12.1 Å². The summed E-state index contributed by atoms with van der Waals surface area (Å²) < 4.78 is 84.5. The molecule has 2 aliphatic heterocycles. The minimum Gasteiger partial charge on any atom is -0.490 e. The summed E-state index contributed by atoms with van der Waals surface area (Å²) in [4.78, 5) is 18.0. The zero-order valence-corrected chi connectivity index (χ0v) is 21.0. The van der Waals surface area contributed by atoms with Gasteiger partial charge in [0.05, 0.1) is 6.54 Å². The highest BCUT2D eigenvalue weighted by Crippen LogP contribution is 2.50. The largest absolute Gasteiger partial charge is 0.490 e. The van der Waals surface area contributed by atoms with E-state index in [4.69, 9.17) is 4.74 Å². The average molecular weight is 572 g/mol. The number of anilines is 1. The van der Waals surface area contributed by atoms with Crippen LogP contribution in [0.15, 0.2) is 65.9 Å². The van der Waals surface area contributed by atoms with Crippen molar-refractivity contribution in [3.63, 3.8) is 0 Å². The van der Waals surface area contributed by atoms with Crippen LogP contribution in [-0.4, -0.2) is 65.4 Å². The van der Waals surface area contributed by atoms with Gasteiger partial charge in [-0.1, -0.05) is 24.3 Å². The smallest absolute Gasteiger partial charge is 0.430 e. The van der Waals surface area contributed by atoms with Crippen LogP contribution in [0.2, 0.25) is 0 Å². The molecule has 40 heavy (non-hydrogen) atoms. The van der Waals surface area contributed by atoms with E-state index < -0.39 is 29.5 Å². The Hall–Kier alpha value is -3.78. The zero-order chi connectivity index (χ0) is 29.0. The Morgan fingerprint density at radius 1 is 0.975 bits per heavy atom. The molecule has 0 spiro atoms. The number of hydrogen-bond donors (Lipinski definition) is 3. The van der Waals surface area contributed by atoms with Crippen LogP contribution in [0.1, 0.15) is 24.0 Å². The molecule has 216 valence electrons. The molecule has 0 saturated carbocycles. The Morgan fingerprint density at radius 2 is 1.60 bits per heavy atom. The van der Waals surface area contributed by atoms with Gasteiger partial charge < -0.3 is 15.2 Å². The van der Waals surface area contributed by atoms with Gasteiger partial charge in [0.25, 0.3) is 5.60 Å². The molecule has 0 atom stereocenters. The van der Waals surface area contributed by atoms with Crippen LogP contribution in [0.25, 0.3) is 0 Å². The molecular weight excluding hydrogens is 544 g/mol. The Balaban J connectivity index is 1.24. The molecule has 0 bridgehead atoms. The standard InChI is InChI=1S/C26H27F6N5O3/c27-25(28,29)24(39,26(30,31)32)19-3-1-18(2-4-19)17-36-13-9-22(10-14-36)40-21-7-5-20(6-8-21)34-23(38)35-37-15-11-33-12-16-37/h1-8,11-12,15,22,39H,9-10,13-14,16-17H2,(H2,34,35,38). The third-order valence-electron chi connectivity index (χ3n) is 6.51. The number of halogens is 6. The Labute approximate surface area is 225 Å². The molecule has 3 N–H and O–H groups in total. The third-order valence-corrected chi connectivity index (χ3v) is 6.51. The van der Waals surface area contributed by atoms with Crippen molar-refractivity contribution in [3.8, 4) is 5.75 Å². The lowest BCUT2D eigenvalue weighted by Gasteiger charge is -2.33. The van der Waals surface area contributed by atoms with Crippen LogP contribution in [0.5, 0.6) is 5.75 Å². The quantitative estimate of drug-likeness (QED) is 0.410. The molecule has 2 aromatic carbocycles. The number of nitrogens with zero attached hydrogens (tertiary/aromatic N) is 3. The number of nitrogens with one attached hydrogen (secondary N) is 2. The van der Waals surface area contributed by atoms with Crippen molar-refractivity contribution >= 4 is 17.9 Å². The number of carbonyl (C=O) groups is 1. The molecule has 0 aromatic heterocycles. The minimum absolute atomic E-state index is 0.0816. The molecular formula is C26H27F6N5O3. The SMILES string of the molecule is O=C(Nc1ccc(OC2CCN(Cc3ccc(C(O)(C(F)(F)F)C(F)(F)F)cc3)CC2)cc1)NN1C=CN=CC1. The van der Waals surface area contributed by atoms with Crippen molar-refractivity contribution < 1.29 is 41.0 Å². The lowest BCUT2D eigenvalue weighted by atomic mass is 9.91. The van der Waals surface area contributed by atoms with Crippen molar-refractivity contribution in [1.82, 2.24) is 15.3 Å². The third kappa shape index (κ3) is 6.86. The number of aliphatic hydroxyl groups is 1. The maximum atomic E-state index is 13.1. The molecule has 2 aliphatic rings. The van der Waals surface area contributed by atoms with Gasteiger partial charge >= 0.3 is 18.4 Å². The first kappa shape index (κ1) is 29.2. The Kier molecular flexibility index (Phi) is 8.59. The monoisotopic (exact) mass is 571 g/mol. The number of hydrogen-bond acceptors (Lipinski definition) is 6. The normalized spacial score (nSPS) is 17.1. The number of alkyl halides is 6. The van der Waals surface area contributed by atoms with E-state index in [-0.39, 0.29) is 6.10 Å². The maximum absolute atomic E-state index is 13.1. The second kappa shape index (κ2) is 11.8. The number of hydrazine groups is 1. The van der Waals surface area contributed by atoms with Crippen molar-refractivity contribution in [2.45, 2.75) is 43.4 Å². The number of rotatable bonds is 7. The molecule has 1 saturated heterocycles. The lowest BCUT2D eigenvalue weighted by molar-refractivity contribution is -0.376. The highest BCUT2D eigenvalue weighted by Gasteiger charge is 2.71. The van der Waals surface area contributed by atoms with Crippen molar-refractivity contribution in [2.75, 3.05) is 25.0 Å². The minimum atomic E-state index is -5.92. The van der Waals surface area contributed by atoms with Crippen molar-refractivity contribution in [2.24, 2.45) is 4.99 Å². The zero-order valence-electron chi connectivity index (χ0n) is 21.0. The summed E-state index contributed by atoms with van der Waals surface area (Å²) in [5, 5.41) is 13.8. The maximum Gasteiger partial charge on any atom is 0.430 e. The van der Waals surface area contributed by atoms with Crippen LogP contribution in [0.3, 0.4) is 0 Å². The number of likely N-dealkylation sites (tertiary alicyclic amines) is 1. The first-order valence-corrected chi connectivity index (χ1v) is 12.3. The summed E-state index contributed by atoms with van der Waals surface area (Å²) in [6.07, 6.45) is -5.75. The van der Waals surface area contributed by atoms with Gasteiger partial charge in [0.1, 0.15) is 11.9 Å². The van der Waals surface area contributed by atoms with E-state index in [1.54, 1.807) is 47.9 Å². The summed E-state index contributed by atoms with van der Waals surface area (Å²) in [5.74, 6) is 0.622. The molecule has 8 nitrogen and oxygen atoms in total. The van der Waals surface area contributed by atoms with E-state index in [0.29, 0.717) is 68.2 Å². The molecule has 4 rings (SSSR count). The summed E-state index contributed by atoms with van der Waals surface area (Å²) in [6, 6.07) is 10.1. The van der Waals surface area contributed by atoms with Crippen LogP contribution in [0.4, 0.5) is 36.8 Å². The number of piperidine rings is 1. The van der Waals surface area contributed by atoms with Gasteiger partial charge in [-0.15, -0.1) is 0 Å². The number of urea groups is 1. The van der Waals surface area contributed by atoms with Crippen molar-refractivity contribution in [1.29, 1.82) is 0 Å². The molecule has 0 radical (unpaired) electrons. The summed E-state index contributed by atoms with van der Waals surface area (Å²) in [5.41, 5.74) is -2.46. The fraction of sp³-hybridized carbons (Fsp3) is 0.385. The first-order chi connectivity index (χ1) is 18.8. The van der Waals surface area contributed by atoms with Crippen LogP contribution in [0, 0.1) is 0 Å². The highest BCUT2D eigenvalue weighted by molar-refractivity contribution is 5.89. The first-order valence-electron chi connectivity index (χ1n) is 12.3. The fourth-order valence-corrected chi connectivity index (χ4v) is 4.34. The second-order valence-corrected chi connectivity index (χ2v) is 9.37. The predicted molar refractivity (Wildman–Crippen MR) is 134 cm³/mol. The van der Waals surface area contributed by atoms with E-state index in [9.17, 15) is 36.2 Å². The topological polar surface area (TPSA) is 89.4 Å². The summed E-state index contributed by atoms with van der Waals surface area (Å²) >= 11 is 0. The molecule has 2 heterocycles. The van der Waals surface area contributed by atoms with E-state index in [0.717, 1.165) is 12.1 Å². The van der Waals surface area contributed by atoms with E-state index in [1.165, 1.54) is 0 Å². The van der Waals surface area contributed by atoms with Gasteiger partial charge in [0, 0.05) is 49.5 Å². The highest BCUT2D eigenvalue weighted by atomic mass is 19.4. The summed E-state index contributed by atoms with van der Waals surface area (Å²) in [6.45, 7) is 2.00. The number of aliphatic imine (C=N–C) groups is 1. The van der Waals surface area contributed by atoms with Gasteiger partial charge in [-0.25, -0.2) is 10.2 Å². The Bertz CT molecular complexity index is 1190. The van der Waals surface area contributed by atoms with Crippen molar-refractivity contribution in [3.05, 3.63) is 72.1 Å². The van der Waals surface area contributed by atoms with Gasteiger partial charge in [0.2, 0.25) is 0 Å². The van der Waals surface area contributed by atoms with E-state index in [1.807, 2.05) is 4.90 Å². The molecule has 1 fully saturated rings. The molecule has 14 heteroatoms. The van der Waals surface area contributed by atoms with Gasteiger partial charge in [-0.3, -0.25) is 14.9 Å². The molecule has 0 unspecified atom stereocenters. The molecule has 2 amide bonds. The number of amides is 2. The average Bonchev–Trinajstić information content (AvgIpc) is 2.90. The van der Waals surface area contributed by atoms with E-state index >= 15 is 0 Å². The molecule has 0 aliphatic carbocycles. The van der Waals surface area contributed by atoms with Crippen LogP contribution < -0.4 is 15.5 Å². The summed E-state index contributed by atoms with van der Waals surface area (Å²) in [7, 11) is 0. The lowest BCUT2D eigenvalue weighted by Crippen LogP contribution is -2.53. The van der Waals surface area contributed by atoms with Gasteiger partial charge in [-0.2, -0.15) is 26.3 Å². The van der Waals surface area contributed by atoms with Crippen LogP contribution >= 0.6 is 0 Å². The van der Waals surface area contributed by atoms with Gasteiger partial charge in [-0.05, 0) is 42.7 Å². The predicted octanol–water partition coefficient (Wildman–Crippen LogP) is 4.94. The number of carbonyl (C=O) groups excluding carboxylic acids is 1. The number of ether oxygens (including phenoxy) is 1. The van der Waals surface area contributed by atoms with Gasteiger partial charge in [0.15, 0.2) is 0 Å². The van der Waals surface area contributed by atoms with E-state index in [2.05, 4.69) is 15.7 Å². The Morgan fingerprint density at radius 3 is 2.15 bits per heavy atom. The number of benzene rings is 2. The molecule has 2 aromatic rings. The fourth-order valence-electron chi connectivity index (χ4n) is 4.34.